The van der Waals surface area contributed by atoms with E-state index in [0.717, 1.165) is 119 Å². The highest BCUT2D eigenvalue weighted by atomic mass is 19.1. The fraction of sp³-hybridized carbons (Fsp3) is 0.308. The van der Waals surface area contributed by atoms with Crippen LogP contribution < -0.4 is 50.2 Å². The number of likely N-dealkylation sites (N-methyl/N-ethyl adjacent to an activating group) is 2. The zero-order chi connectivity index (χ0) is 78.1. The molecule has 0 bridgehead atoms. The van der Waals surface area contributed by atoms with Crippen molar-refractivity contribution < 1.29 is 41.8 Å². The van der Waals surface area contributed by atoms with Gasteiger partial charge in [-0.25, -0.2) is 58.0 Å². The number of pyridine rings is 3. The number of halogens is 3. The third-order valence-corrected chi connectivity index (χ3v) is 18.9. The molecule has 12 heterocycles. The smallest absolute Gasteiger partial charge is 0.262 e. The normalized spacial score (nSPS) is 13.9. The van der Waals surface area contributed by atoms with Crippen molar-refractivity contribution in [2.75, 3.05) is 165 Å². The number of carbonyl (C=O) groups excluding carboxylic acids is 3. The summed E-state index contributed by atoms with van der Waals surface area (Å²) < 4.78 is 63.2. The van der Waals surface area contributed by atoms with Crippen molar-refractivity contribution in [1.82, 2.24) is 89.6 Å². The first-order valence-corrected chi connectivity index (χ1v) is 36.2. The van der Waals surface area contributed by atoms with Crippen LogP contribution in [0.25, 0.3) is 32.7 Å². The molecule has 0 unspecified atom stereocenters. The maximum atomic E-state index is 15.2. The van der Waals surface area contributed by atoms with E-state index < -0.39 is 35.2 Å². The van der Waals surface area contributed by atoms with E-state index in [-0.39, 0.29) is 69.0 Å². The number of fused-ring (bicyclic) bond motifs is 3. The Hall–Kier alpha value is -12.8. The maximum absolute atomic E-state index is 15.2. The molecule has 3 amide bonds. The summed E-state index contributed by atoms with van der Waals surface area (Å²) >= 11 is 0. The molecule has 7 N–H and O–H groups in total. The predicted octanol–water partition coefficient (Wildman–Crippen LogP) is 11.4. The highest BCUT2D eigenvalue weighted by Crippen LogP contribution is 2.39. The number of benzene rings is 3. The number of carbonyl (C=O) groups is 3. The zero-order valence-corrected chi connectivity index (χ0v) is 63.5. The first kappa shape index (κ1) is 76.4. The Bertz CT molecular complexity index is 5310. The number of ether oxygens (including phenoxy) is 3. The highest BCUT2D eigenvalue weighted by Gasteiger charge is 2.30. The topological polar surface area (TPSA) is 316 Å². The van der Waals surface area contributed by atoms with E-state index in [9.17, 15) is 14.4 Å². The number of nitrogens with zero attached hydrogens (tertiary/aromatic N) is 17. The van der Waals surface area contributed by atoms with Gasteiger partial charge in [0, 0.05) is 171 Å². The van der Waals surface area contributed by atoms with E-state index in [4.69, 9.17) is 14.2 Å². The Morgan fingerprint density at radius 1 is 0.423 bits per heavy atom. The molecule has 12 aromatic rings. The lowest BCUT2D eigenvalue weighted by Crippen LogP contribution is -2.46. The van der Waals surface area contributed by atoms with Gasteiger partial charge in [0.25, 0.3) is 17.7 Å². The van der Waals surface area contributed by atoms with E-state index in [1.807, 2.05) is 57.2 Å². The molecule has 9 aromatic heterocycles. The van der Waals surface area contributed by atoms with E-state index in [2.05, 4.69) is 120 Å². The summed E-state index contributed by atoms with van der Waals surface area (Å²) in [6.07, 6.45) is 9.17. The molecule has 111 heavy (non-hydrogen) atoms. The number of anilines is 9. The molecule has 0 radical (unpaired) electrons. The Kier molecular flexibility index (Phi) is 23.3. The quantitative estimate of drug-likeness (QED) is 0.0395. The molecule has 3 saturated heterocycles. The summed E-state index contributed by atoms with van der Waals surface area (Å²) in [6, 6.07) is 26.2. The summed E-state index contributed by atoms with van der Waals surface area (Å²) in [5, 5.41) is 13.8. The molecule has 0 spiro atoms. The number of piperazine rings is 3. The molecular weight excluding hydrogens is 1430 g/mol. The van der Waals surface area contributed by atoms with Gasteiger partial charge in [0.1, 0.15) is 53.1 Å². The zero-order valence-electron chi connectivity index (χ0n) is 63.5. The second-order valence-electron chi connectivity index (χ2n) is 27.5. The van der Waals surface area contributed by atoms with Gasteiger partial charge in [0.2, 0.25) is 17.6 Å². The standard InChI is InChI=1S/C27H31FN8O2.C26H29FN8O2.C25H27FN8O2/c1-5-35-10-12-36(13-11-35)18-6-9-22(29-15-18)33-25-23(27(37)34(3)4)26(31-16-30-25)38-21-8-7-20-19(24(21)28)14-17(2)32-20;1-16-13-18-19(31-16)6-7-20(23(18)27)37-25-22(26(36)33(2)3)24(29-15-30-25)32-21-8-5-17(14-28-21)35-11-9-34(4)10-12-35;1-15-12-17-18(31-15)5-6-19(22(17)26)36-24-21(25(35)33(2)3)23(29-14-30-24)32-20-7-4-16(13-28-20)34-10-8-27-9-11-34/h6-9,14-16,32H,5,10-13H2,1-4H3,(H,29,30,31,33);5-8,13-15,31H,9-12H2,1-4H3,(H,28,29,30,32);4-7,12-14,27,31H,8-11H2,1-3H3,(H,28,29,30,32). The van der Waals surface area contributed by atoms with Gasteiger partial charge in [0.05, 0.1) is 35.7 Å². The number of rotatable bonds is 19. The van der Waals surface area contributed by atoms with Crippen molar-refractivity contribution in [3.05, 3.63) is 180 Å². The van der Waals surface area contributed by atoms with Crippen molar-refractivity contribution in [2.24, 2.45) is 0 Å². The van der Waals surface area contributed by atoms with Crippen molar-refractivity contribution in [1.29, 1.82) is 0 Å². The third kappa shape index (κ3) is 17.5. The molecule has 3 fully saturated rings. The molecule has 30 nitrogen and oxygen atoms in total. The molecular formula is C78H87F3N24O6. The summed E-state index contributed by atoms with van der Waals surface area (Å²) in [6.45, 7) is 20.2. The van der Waals surface area contributed by atoms with Crippen LogP contribution >= 0.6 is 0 Å². The highest BCUT2D eigenvalue weighted by molar-refractivity contribution is 6.03. The molecule has 0 aliphatic carbocycles. The first-order chi connectivity index (χ1) is 53.5. The van der Waals surface area contributed by atoms with Crippen LogP contribution in [-0.2, 0) is 0 Å². The Balaban J connectivity index is 0.000000146. The number of aromatic amines is 3. The van der Waals surface area contributed by atoms with Gasteiger partial charge in [-0.1, -0.05) is 6.92 Å². The van der Waals surface area contributed by atoms with E-state index >= 15 is 13.2 Å². The summed E-state index contributed by atoms with van der Waals surface area (Å²) in [5.74, 6) is -0.979. The third-order valence-electron chi connectivity index (χ3n) is 18.9. The number of H-pyrrole nitrogens is 3. The lowest BCUT2D eigenvalue weighted by Gasteiger charge is -2.35. The number of amides is 3. The average molecular weight is 1510 g/mol. The second-order valence-corrected chi connectivity index (χ2v) is 27.5. The number of aryl methyl sites for hydroxylation is 3. The molecule has 15 rings (SSSR count). The van der Waals surface area contributed by atoms with Crippen LogP contribution in [0, 0.1) is 38.2 Å². The molecule has 3 aliphatic heterocycles. The van der Waals surface area contributed by atoms with Gasteiger partial charge >= 0.3 is 0 Å². The largest absolute Gasteiger partial charge is 0.435 e. The Labute approximate surface area is 638 Å². The number of hydrogen-bond donors (Lipinski definition) is 7. The van der Waals surface area contributed by atoms with Gasteiger partial charge in [-0.15, -0.1) is 0 Å². The monoisotopic (exact) mass is 1510 g/mol. The number of nitrogens with one attached hydrogen (secondary N) is 7. The summed E-state index contributed by atoms with van der Waals surface area (Å²) in [7, 11) is 11.8. The van der Waals surface area contributed by atoms with Crippen LogP contribution in [0.3, 0.4) is 0 Å². The van der Waals surface area contributed by atoms with Crippen LogP contribution in [0.2, 0.25) is 0 Å². The molecule has 3 aromatic carbocycles. The summed E-state index contributed by atoms with van der Waals surface area (Å²) in [5.41, 5.74) is 7.75. The van der Waals surface area contributed by atoms with Crippen molar-refractivity contribution in [3.63, 3.8) is 0 Å². The number of hydrogen-bond acceptors (Lipinski definition) is 24. The van der Waals surface area contributed by atoms with Crippen molar-refractivity contribution in [2.45, 2.75) is 27.7 Å². The van der Waals surface area contributed by atoms with Crippen LogP contribution in [0.15, 0.2) is 129 Å². The van der Waals surface area contributed by atoms with Gasteiger partial charge in [-0.2, -0.15) is 0 Å². The average Bonchev–Trinajstić information content (AvgIpc) is 1.78. The molecule has 0 saturated carbocycles. The Morgan fingerprint density at radius 3 is 1.04 bits per heavy atom. The fourth-order valence-electron chi connectivity index (χ4n) is 12.9. The van der Waals surface area contributed by atoms with E-state index in [0.29, 0.717) is 50.2 Å². The molecule has 576 valence electrons. The number of aromatic nitrogens is 12. The van der Waals surface area contributed by atoms with Crippen LogP contribution in [0.5, 0.6) is 34.9 Å². The van der Waals surface area contributed by atoms with Gasteiger partial charge < -0.3 is 89.6 Å². The minimum absolute atomic E-state index is 0.0420. The molecule has 33 heteroatoms. The van der Waals surface area contributed by atoms with Crippen molar-refractivity contribution >= 4 is 102 Å². The lowest BCUT2D eigenvalue weighted by atomic mass is 10.2. The maximum Gasteiger partial charge on any atom is 0.262 e. The first-order valence-electron chi connectivity index (χ1n) is 36.2. The minimum atomic E-state index is -0.543. The van der Waals surface area contributed by atoms with Crippen LogP contribution in [0.4, 0.5) is 65.1 Å². The van der Waals surface area contributed by atoms with E-state index in [1.165, 1.54) is 51.9 Å². The van der Waals surface area contributed by atoms with Gasteiger partial charge in [-0.05, 0) is 125 Å². The second kappa shape index (κ2) is 33.8. The Morgan fingerprint density at radius 2 is 0.739 bits per heavy atom. The van der Waals surface area contributed by atoms with Crippen LogP contribution in [-0.4, -0.2) is 236 Å². The predicted molar refractivity (Wildman–Crippen MR) is 421 cm³/mol. The molecule has 3 aliphatic rings. The SMILES string of the molecule is CCN1CCN(c2ccc(Nc3ncnc(Oc4ccc5[nH]c(C)cc5c4F)c3C(=O)N(C)C)nc2)CC1.Cc1cc2c(F)c(Oc3ncnc(Nc4ccc(N5CCN(C)CC5)cn4)c3C(=O)N(C)C)ccc2[nH]1.Cc1cc2c(F)c(Oc3ncnc(Nc4ccc(N5CCNCC5)cn4)c3C(=O)N(C)C)ccc2[nH]1. The van der Waals surface area contributed by atoms with Gasteiger partial charge in [-0.3, -0.25) is 14.4 Å². The fourth-order valence-corrected chi connectivity index (χ4v) is 12.9. The lowest BCUT2D eigenvalue weighted by molar-refractivity contribution is 0.0817. The summed E-state index contributed by atoms with van der Waals surface area (Å²) in [4.78, 5) is 103. The van der Waals surface area contributed by atoms with E-state index in [1.54, 1.807) is 97.3 Å². The molecule has 0 atom stereocenters. The van der Waals surface area contributed by atoms with Crippen LogP contribution in [0.1, 0.15) is 55.1 Å². The van der Waals surface area contributed by atoms with Gasteiger partial charge in [0.15, 0.2) is 52.2 Å². The minimum Gasteiger partial charge on any atom is -0.435 e. The van der Waals surface area contributed by atoms with Crippen molar-refractivity contribution in [3.8, 4) is 34.9 Å².